The summed E-state index contributed by atoms with van der Waals surface area (Å²) < 4.78 is 13.2. The minimum atomic E-state index is -0.174. The van der Waals surface area contributed by atoms with Gasteiger partial charge in [-0.2, -0.15) is 0 Å². The van der Waals surface area contributed by atoms with E-state index >= 15 is 0 Å². The van der Waals surface area contributed by atoms with E-state index in [1.54, 1.807) is 12.1 Å². The van der Waals surface area contributed by atoms with Crippen LogP contribution in [0.25, 0.3) is 0 Å². The second-order valence-electron chi connectivity index (χ2n) is 4.89. The number of hydrogen-bond donors (Lipinski definition) is 1. The van der Waals surface area contributed by atoms with Crippen molar-refractivity contribution in [2.45, 2.75) is 26.2 Å². The first-order valence-electron chi connectivity index (χ1n) is 6.79. The summed E-state index contributed by atoms with van der Waals surface area (Å²) in [5, 5.41) is 3.27. The molecular formula is C17H20FN. The Balaban J connectivity index is 1.69. The highest BCUT2D eigenvalue weighted by Gasteiger charge is 1.97. The van der Waals surface area contributed by atoms with E-state index in [-0.39, 0.29) is 5.82 Å². The largest absolute Gasteiger partial charge is 0.385 e. The molecule has 2 rings (SSSR count). The lowest BCUT2D eigenvalue weighted by atomic mass is 10.1. The molecule has 2 heteroatoms. The number of halogens is 1. The van der Waals surface area contributed by atoms with Gasteiger partial charge in [-0.15, -0.1) is 0 Å². The van der Waals surface area contributed by atoms with Gasteiger partial charge in [-0.05, 0) is 55.5 Å². The Hall–Kier alpha value is -1.83. The number of rotatable bonds is 6. The number of hydrogen-bond acceptors (Lipinski definition) is 1. The van der Waals surface area contributed by atoms with Gasteiger partial charge in [-0.1, -0.05) is 30.3 Å². The third-order valence-electron chi connectivity index (χ3n) is 3.11. The summed E-state index contributed by atoms with van der Waals surface area (Å²) >= 11 is 0. The van der Waals surface area contributed by atoms with Crippen LogP contribution in [0, 0.1) is 12.7 Å². The standard InChI is InChI=1S/C17H20FN/c1-14-11-16(18)13-17(12-14)19-10-6-5-9-15-7-3-2-4-8-15/h2-4,7-8,11-13,19H,5-6,9-10H2,1H3. The number of anilines is 1. The molecule has 1 N–H and O–H groups in total. The lowest BCUT2D eigenvalue weighted by Crippen LogP contribution is -2.02. The van der Waals surface area contributed by atoms with Crippen LogP contribution in [0.4, 0.5) is 10.1 Å². The molecule has 0 saturated carbocycles. The molecule has 0 amide bonds. The minimum Gasteiger partial charge on any atom is -0.385 e. The highest BCUT2D eigenvalue weighted by Crippen LogP contribution is 2.13. The van der Waals surface area contributed by atoms with Gasteiger partial charge in [0.2, 0.25) is 0 Å². The molecule has 0 bridgehead atoms. The Morgan fingerprint density at radius 1 is 1.00 bits per heavy atom. The summed E-state index contributed by atoms with van der Waals surface area (Å²) in [4.78, 5) is 0. The van der Waals surface area contributed by atoms with Crippen LogP contribution >= 0.6 is 0 Å². The summed E-state index contributed by atoms with van der Waals surface area (Å²) in [5.41, 5.74) is 3.20. The summed E-state index contributed by atoms with van der Waals surface area (Å²) in [6, 6.07) is 15.6. The third-order valence-corrected chi connectivity index (χ3v) is 3.11. The summed E-state index contributed by atoms with van der Waals surface area (Å²) in [6.07, 6.45) is 3.33. The second kappa shape index (κ2) is 6.93. The predicted octanol–water partition coefficient (Wildman–Crippen LogP) is 4.57. The van der Waals surface area contributed by atoms with E-state index in [4.69, 9.17) is 0 Å². The normalized spacial score (nSPS) is 10.4. The molecule has 0 aliphatic rings. The molecule has 0 unspecified atom stereocenters. The van der Waals surface area contributed by atoms with Crippen LogP contribution in [0.2, 0.25) is 0 Å². The number of unbranched alkanes of at least 4 members (excludes halogenated alkanes) is 1. The van der Waals surface area contributed by atoms with Crippen LogP contribution in [-0.4, -0.2) is 6.54 Å². The van der Waals surface area contributed by atoms with Crippen molar-refractivity contribution in [1.82, 2.24) is 0 Å². The average Bonchev–Trinajstić information content (AvgIpc) is 2.38. The molecule has 2 aromatic carbocycles. The summed E-state index contributed by atoms with van der Waals surface area (Å²) in [7, 11) is 0. The Labute approximate surface area is 114 Å². The van der Waals surface area contributed by atoms with Gasteiger partial charge in [-0.25, -0.2) is 4.39 Å². The molecular weight excluding hydrogens is 237 g/mol. The van der Waals surface area contributed by atoms with Crippen molar-refractivity contribution in [2.75, 3.05) is 11.9 Å². The van der Waals surface area contributed by atoms with E-state index in [2.05, 4.69) is 29.6 Å². The van der Waals surface area contributed by atoms with E-state index in [9.17, 15) is 4.39 Å². The van der Waals surface area contributed by atoms with Crippen molar-refractivity contribution in [3.63, 3.8) is 0 Å². The van der Waals surface area contributed by atoms with Crippen LogP contribution in [-0.2, 0) is 6.42 Å². The highest BCUT2D eigenvalue weighted by atomic mass is 19.1. The third kappa shape index (κ3) is 4.74. The number of nitrogens with one attached hydrogen (secondary N) is 1. The molecule has 19 heavy (non-hydrogen) atoms. The van der Waals surface area contributed by atoms with Crippen LogP contribution in [0.3, 0.4) is 0 Å². The fourth-order valence-electron chi connectivity index (χ4n) is 2.17. The molecule has 0 aliphatic carbocycles. The van der Waals surface area contributed by atoms with Crippen molar-refractivity contribution in [3.8, 4) is 0 Å². The van der Waals surface area contributed by atoms with E-state index in [0.717, 1.165) is 37.1 Å². The number of aryl methyl sites for hydroxylation is 2. The fraction of sp³-hybridized carbons (Fsp3) is 0.294. The molecule has 0 atom stereocenters. The number of benzene rings is 2. The second-order valence-corrected chi connectivity index (χ2v) is 4.89. The van der Waals surface area contributed by atoms with Crippen LogP contribution in [0.5, 0.6) is 0 Å². The molecule has 0 heterocycles. The van der Waals surface area contributed by atoms with Crippen molar-refractivity contribution < 1.29 is 4.39 Å². The molecule has 0 radical (unpaired) electrons. The van der Waals surface area contributed by atoms with Crippen LogP contribution in [0.1, 0.15) is 24.0 Å². The lowest BCUT2D eigenvalue weighted by molar-refractivity contribution is 0.627. The zero-order valence-electron chi connectivity index (χ0n) is 11.3. The van der Waals surface area contributed by atoms with Gasteiger partial charge >= 0.3 is 0 Å². The minimum absolute atomic E-state index is 0.174. The van der Waals surface area contributed by atoms with Gasteiger partial charge in [0.25, 0.3) is 0 Å². The Bertz CT molecular complexity index is 488. The topological polar surface area (TPSA) is 12.0 Å². The SMILES string of the molecule is Cc1cc(F)cc(NCCCCc2ccccc2)c1. The van der Waals surface area contributed by atoms with Gasteiger partial charge in [-0.3, -0.25) is 0 Å². The molecule has 0 aromatic heterocycles. The Morgan fingerprint density at radius 3 is 2.53 bits per heavy atom. The zero-order chi connectivity index (χ0) is 13.5. The Kier molecular flexibility index (Phi) is 4.96. The highest BCUT2D eigenvalue weighted by molar-refractivity contribution is 5.45. The molecule has 1 nitrogen and oxygen atoms in total. The van der Waals surface area contributed by atoms with Crippen LogP contribution < -0.4 is 5.32 Å². The predicted molar refractivity (Wildman–Crippen MR) is 79.0 cm³/mol. The summed E-state index contributed by atoms with van der Waals surface area (Å²) in [6.45, 7) is 2.79. The molecule has 0 saturated heterocycles. The molecule has 0 fully saturated rings. The quantitative estimate of drug-likeness (QED) is 0.747. The summed E-state index contributed by atoms with van der Waals surface area (Å²) in [5.74, 6) is -0.174. The monoisotopic (exact) mass is 257 g/mol. The Morgan fingerprint density at radius 2 is 1.79 bits per heavy atom. The van der Waals surface area contributed by atoms with E-state index in [1.807, 2.05) is 19.1 Å². The lowest BCUT2D eigenvalue weighted by Gasteiger charge is -2.07. The van der Waals surface area contributed by atoms with Gasteiger partial charge in [0, 0.05) is 12.2 Å². The van der Waals surface area contributed by atoms with E-state index < -0.39 is 0 Å². The maximum Gasteiger partial charge on any atom is 0.125 e. The first kappa shape index (κ1) is 13.6. The van der Waals surface area contributed by atoms with Gasteiger partial charge < -0.3 is 5.32 Å². The van der Waals surface area contributed by atoms with E-state index in [1.165, 1.54) is 5.56 Å². The maximum atomic E-state index is 13.2. The van der Waals surface area contributed by atoms with Crippen molar-refractivity contribution >= 4 is 5.69 Å². The van der Waals surface area contributed by atoms with Crippen molar-refractivity contribution in [1.29, 1.82) is 0 Å². The van der Waals surface area contributed by atoms with Crippen molar-refractivity contribution in [2.24, 2.45) is 0 Å². The van der Waals surface area contributed by atoms with Crippen LogP contribution in [0.15, 0.2) is 48.5 Å². The van der Waals surface area contributed by atoms with Gasteiger partial charge in [0.05, 0.1) is 0 Å². The molecule has 100 valence electrons. The zero-order valence-corrected chi connectivity index (χ0v) is 11.3. The van der Waals surface area contributed by atoms with Gasteiger partial charge in [0.15, 0.2) is 0 Å². The van der Waals surface area contributed by atoms with Crippen molar-refractivity contribution in [3.05, 3.63) is 65.5 Å². The molecule has 2 aromatic rings. The van der Waals surface area contributed by atoms with Gasteiger partial charge in [0.1, 0.15) is 5.82 Å². The average molecular weight is 257 g/mol. The molecule has 0 aliphatic heterocycles. The fourth-order valence-corrected chi connectivity index (χ4v) is 2.17. The van der Waals surface area contributed by atoms with E-state index in [0.29, 0.717) is 0 Å². The maximum absolute atomic E-state index is 13.2. The first-order chi connectivity index (χ1) is 9.24. The first-order valence-corrected chi connectivity index (χ1v) is 6.79. The smallest absolute Gasteiger partial charge is 0.125 e. The molecule has 0 spiro atoms.